The van der Waals surface area contributed by atoms with Crippen molar-refractivity contribution < 1.29 is 9.90 Å². The van der Waals surface area contributed by atoms with Gasteiger partial charge >= 0.3 is 5.97 Å². The molecular formula is C11H11NO2. The van der Waals surface area contributed by atoms with Crippen LogP contribution in [0, 0.1) is 0 Å². The first-order chi connectivity index (χ1) is 6.77. The van der Waals surface area contributed by atoms with Crippen LogP contribution < -0.4 is 0 Å². The summed E-state index contributed by atoms with van der Waals surface area (Å²) in [6.07, 6.45) is 2.58. The van der Waals surface area contributed by atoms with Gasteiger partial charge in [-0.25, -0.2) is 0 Å². The molecule has 1 aliphatic rings. The van der Waals surface area contributed by atoms with Crippen LogP contribution in [0.15, 0.2) is 29.3 Å². The summed E-state index contributed by atoms with van der Waals surface area (Å²) >= 11 is 0. The maximum absolute atomic E-state index is 10.4. The zero-order valence-corrected chi connectivity index (χ0v) is 7.68. The lowest BCUT2D eigenvalue weighted by Crippen LogP contribution is -1.99. The Morgan fingerprint density at radius 2 is 2.21 bits per heavy atom. The second-order valence-electron chi connectivity index (χ2n) is 3.36. The van der Waals surface area contributed by atoms with Crippen LogP contribution in [0.1, 0.15) is 30.0 Å². The minimum absolute atomic E-state index is 0.0438. The molecule has 0 saturated carbocycles. The van der Waals surface area contributed by atoms with E-state index in [0.717, 1.165) is 11.1 Å². The number of fused-ring (bicyclic) bond motifs is 1. The van der Waals surface area contributed by atoms with E-state index >= 15 is 0 Å². The van der Waals surface area contributed by atoms with Crippen LogP contribution >= 0.6 is 0 Å². The maximum atomic E-state index is 10.4. The number of carboxylic acid groups (broad SMARTS) is 1. The second kappa shape index (κ2) is 3.62. The van der Waals surface area contributed by atoms with Gasteiger partial charge in [0.2, 0.25) is 0 Å². The van der Waals surface area contributed by atoms with Crippen molar-refractivity contribution in [1.82, 2.24) is 0 Å². The molecule has 0 bridgehead atoms. The lowest BCUT2D eigenvalue weighted by molar-refractivity contribution is -0.137. The molecule has 1 aromatic rings. The van der Waals surface area contributed by atoms with Gasteiger partial charge in [-0.2, -0.15) is 0 Å². The third-order valence-electron chi connectivity index (χ3n) is 2.38. The number of aliphatic carboxylic acids is 1. The molecule has 0 radical (unpaired) electrons. The van der Waals surface area contributed by atoms with E-state index in [-0.39, 0.29) is 12.5 Å². The van der Waals surface area contributed by atoms with Crippen LogP contribution in [-0.4, -0.2) is 17.3 Å². The van der Waals surface area contributed by atoms with Crippen LogP contribution in [-0.2, 0) is 4.79 Å². The fourth-order valence-electron chi connectivity index (χ4n) is 1.67. The third-order valence-corrected chi connectivity index (χ3v) is 2.38. The molecule has 3 heteroatoms. The van der Waals surface area contributed by atoms with Crippen molar-refractivity contribution in [2.75, 3.05) is 0 Å². The number of carboxylic acids is 1. The number of aliphatic imine (C=N–C) groups is 1. The minimum Gasteiger partial charge on any atom is -0.481 e. The first-order valence-electron chi connectivity index (χ1n) is 4.61. The van der Waals surface area contributed by atoms with Crippen molar-refractivity contribution in [3.05, 3.63) is 35.4 Å². The van der Waals surface area contributed by atoms with Crippen molar-refractivity contribution in [2.24, 2.45) is 4.99 Å². The van der Waals surface area contributed by atoms with Gasteiger partial charge in [0.25, 0.3) is 0 Å². The van der Waals surface area contributed by atoms with Crippen molar-refractivity contribution in [3.8, 4) is 0 Å². The van der Waals surface area contributed by atoms with Crippen LogP contribution in [0.25, 0.3) is 0 Å². The number of nitrogens with zero attached hydrogens (tertiary/aromatic N) is 1. The molecule has 2 rings (SSSR count). The normalized spacial score (nSPS) is 18.1. The third kappa shape index (κ3) is 1.66. The molecular weight excluding hydrogens is 178 g/mol. The van der Waals surface area contributed by atoms with Crippen molar-refractivity contribution in [1.29, 1.82) is 0 Å². The van der Waals surface area contributed by atoms with E-state index < -0.39 is 5.97 Å². The van der Waals surface area contributed by atoms with Gasteiger partial charge in [-0.3, -0.25) is 9.79 Å². The van der Waals surface area contributed by atoms with E-state index in [4.69, 9.17) is 5.11 Å². The number of carbonyl (C=O) groups is 1. The molecule has 1 atom stereocenters. The molecule has 0 aliphatic carbocycles. The fraction of sp³-hybridized carbons (Fsp3) is 0.273. The average Bonchev–Trinajstić information content (AvgIpc) is 2.58. The van der Waals surface area contributed by atoms with E-state index in [9.17, 15) is 4.79 Å². The van der Waals surface area contributed by atoms with Crippen LogP contribution in [0.4, 0.5) is 0 Å². The van der Waals surface area contributed by atoms with E-state index in [1.807, 2.05) is 30.5 Å². The van der Waals surface area contributed by atoms with Gasteiger partial charge in [0.1, 0.15) is 0 Å². The number of rotatable bonds is 3. The van der Waals surface area contributed by atoms with E-state index in [1.165, 1.54) is 0 Å². The summed E-state index contributed by atoms with van der Waals surface area (Å²) in [5.74, 6) is -0.760. The van der Waals surface area contributed by atoms with E-state index in [1.54, 1.807) is 0 Å². The molecule has 0 saturated heterocycles. The summed E-state index contributed by atoms with van der Waals surface area (Å²) in [5.41, 5.74) is 2.26. The second-order valence-corrected chi connectivity index (χ2v) is 3.36. The van der Waals surface area contributed by atoms with E-state index in [0.29, 0.717) is 6.42 Å². The number of benzene rings is 1. The fourth-order valence-corrected chi connectivity index (χ4v) is 1.67. The van der Waals surface area contributed by atoms with Crippen LogP contribution in [0.5, 0.6) is 0 Å². The Morgan fingerprint density at radius 1 is 1.43 bits per heavy atom. The average molecular weight is 189 g/mol. The Morgan fingerprint density at radius 3 is 3.00 bits per heavy atom. The standard InChI is InChI=1S/C11H11NO2/c13-11(14)6-5-10-9-4-2-1-3-8(9)7-12-10/h1-4,7,10H,5-6H2,(H,13,14). The molecule has 1 unspecified atom stereocenters. The van der Waals surface area contributed by atoms with Gasteiger partial charge in [-0.05, 0) is 17.5 Å². The molecule has 1 aromatic carbocycles. The molecule has 1 heterocycles. The molecule has 0 fully saturated rings. The van der Waals surface area contributed by atoms with Gasteiger partial charge < -0.3 is 5.11 Å². The van der Waals surface area contributed by atoms with Crippen molar-refractivity contribution in [3.63, 3.8) is 0 Å². The quantitative estimate of drug-likeness (QED) is 0.790. The summed E-state index contributed by atoms with van der Waals surface area (Å²) in [6.45, 7) is 0. The smallest absolute Gasteiger partial charge is 0.303 e. The van der Waals surface area contributed by atoms with Crippen molar-refractivity contribution in [2.45, 2.75) is 18.9 Å². The SMILES string of the molecule is O=C(O)CCC1N=Cc2ccccc21. The molecule has 0 aromatic heterocycles. The summed E-state index contributed by atoms with van der Waals surface area (Å²) in [4.78, 5) is 14.7. The highest BCUT2D eigenvalue weighted by molar-refractivity contribution is 5.85. The number of hydrogen-bond donors (Lipinski definition) is 1. The summed E-state index contributed by atoms with van der Waals surface area (Å²) in [7, 11) is 0. The molecule has 0 spiro atoms. The Labute approximate surface area is 82.1 Å². The molecule has 3 nitrogen and oxygen atoms in total. The molecule has 1 aliphatic heterocycles. The van der Waals surface area contributed by atoms with Gasteiger partial charge in [-0.15, -0.1) is 0 Å². The largest absolute Gasteiger partial charge is 0.481 e. The van der Waals surface area contributed by atoms with Crippen LogP contribution in [0.3, 0.4) is 0 Å². The van der Waals surface area contributed by atoms with Crippen LogP contribution in [0.2, 0.25) is 0 Å². The predicted octanol–water partition coefficient (Wildman–Crippen LogP) is 2.03. The Kier molecular flexibility index (Phi) is 2.31. The first-order valence-corrected chi connectivity index (χ1v) is 4.61. The van der Waals surface area contributed by atoms with Gasteiger partial charge in [0, 0.05) is 12.6 Å². The predicted molar refractivity (Wildman–Crippen MR) is 53.6 cm³/mol. The lowest BCUT2D eigenvalue weighted by atomic mass is 10.0. The maximum Gasteiger partial charge on any atom is 0.303 e. The zero-order valence-electron chi connectivity index (χ0n) is 7.68. The number of hydrogen-bond acceptors (Lipinski definition) is 2. The summed E-state index contributed by atoms with van der Waals surface area (Å²) in [5, 5.41) is 8.57. The molecule has 72 valence electrons. The van der Waals surface area contributed by atoms with Gasteiger partial charge in [-0.1, -0.05) is 24.3 Å². The Balaban J connectivity index is 2.11. The summed E-state index contributed by atoms with van der Waals surface area (Å²) in [6, 6.07) is 7.97. The Hall–Kier alpha value is -1.64. The topological polar surface area (TPSA) is 49.7 Å². The highest BCUT2D eigenvalue weighted by atomic mass is 16.4. The summed E-state index contributed by atoms with van der Waals surface area (Å²) < 4.78 is 0. The molecule has 0 amide bonds. The van der Waals surface area contributed by atoms with Crippen molar-refractivity contribution >= 4 is 12.2 Å². The molecule has 1 N–H and O–H groups in total. The van der Waals surface area contributed by atoms with Gasteiger partial charge in [0.05, 0.1) is 6.04 Å². The zero-order chi connectivity index (χ0) is 9.97. The highest BCUT2D eigenvalue weighted by Crippen LogP contribution is 2.29. The monoisotopic (exact) mass is 189 g/mol. The Bertz CT molecular complexity index is 385. The first kappa shape index (κ1) is 8.94. The molecule has 14 heavy (non-hydrogen) atoms. The lowest BCUT2D eigenvalue weighted by Gasteiger charge is -2.07. The van der Waals surface area contributed by atoms with E-state index in [2.05, 4.69) is 4.99 Å². The minimum atomic E-state index is -0.760. The highest BCUT2D eigenvalue weighted by Gasteiger charge is 2.18. The van der Waals surface area contributed by atoms with Gasteiger partial charge in [0.15, 0.2) is 0 Å².